The number of amides is 2. The van der Waals surface area contributed by atoms with Crippen molar-refractivity contribution in [1.82, 2.24) is 15.5 Å². The lowest BCUT2D eigenvalue weighted by atomic mass is 9.99. The van der Waals surface area contributed by atoms with E-state index in [1.807, 2.05) is 12.1 Å². The number of carbonyl (C=O) groups is 3. The Morgan fingerprint density at radius 3 is 2.29 bits per heavy atom. The number of nitrogens with zero attached hydrogens (tertiary/aromatic N) is 1. The smallest absolute Gasteiger partial charge is 0.452 e. The summed E-state index contributed by atoms with van der Waals surface area (Å²) in [6, 6.07) is 8.66. The number of ether oxygens (including phenoxy) is 1. The molecule has 1 saturated heterocycles. The highest BCUT2D eigenvalue weighted by Gasteiger charge is 2.43. The van der Waals surface area contributed by atoms with Gasteiger partial charge in [-0.25, -0.2) is 13.6 Å². The van der Waals surface area contributed by atoms with Crippen LogP contribution in [0, 0.1) is 15.2 Å². The van der Waals surface area contributed by atoms with E-state index in [1.165, 1.54) is 0 Å². The number of piperidine rings is 1. The highest BCUT2D eigenvalue weighted by Crippen LogP contribution is 2.20. The zero-order valence-corrected chi connectivity index (χ0v) is 25.0. The van der Waals surface area contributed by atoms with Gasteiger partial charge in [-0.15, -0.1) is 0 Å². The van der Waals surface area contributed by atoms with Crippen LogP contribution in [0.5, 0.6) is 0 Å². The zero-order chi connectivity index (χ0) is 30.7. The predicted molar refractivity (Wildman–Crippen MR) is 153 cm³/mol. The fourth-order valence-corrected chi connectivity index (χ4v) is 5.32. The van der Waals surface area contributed by atoms with E-state index in [0.29, 0.717) is 19.2 Å². The van der Waals surface area contributed by atoms with Crippen LogP contribution < -0.4 is 10.6 Å². The number of benzene rings is 2. The summed E-state index contributed by atoms with van der Waals surface area (Å²) in [6.45, 7) is 1.24. The van der Waals surface area contributed by atoms with E-state index in [-0.39, 0.29) is 50.2 Å². The number of halogens is 6. The summed E-state index contributed by atoms with van der Waals surface area (Å²) in [6.07, 6.45) is -4.08. The highest BCUT2D eigenvalue weighted by molar-refractivity contribution is 14.1. The molecule has 1 aliphatic rings. The topological polar surface area (TPSA) is 87.7 Å². The Kier molecular flexibility index (Phi) is 13.0. The molecule has 2 atom stereocenters. The predicted octanol–water partition coefficient (Wildman–Crippen LogP) is 5.04. The Hall–Kier alpha value is -2.81. The second kappa shape index (κ2) is 16.1. The molecule has 1 aliphatic heterocycles. The van der Waals surface area contributed by atoms with Crippen LogP contribution in [0.4, 0.5) is 22.0 Å². The molecule has 2 aromatic carbocycles. The summed E-state index contributed by atoms with van der Waals surface area (Å²) in [5.74, 6) is -4.96. The Labute approximate surface area is 254 Å². The van der Waals surface area contributed by atoms with Crippen LogP contribution in [0.3, 0.4) is 0 Å². The first-order valence-electron chi connectivity index (χ1n) is 13.7. The molecule has 1 heterocycles. The third-order valence-corrected chi connectivity index (χ3v) is 7.40. The van der Waals surface area contributed by atoms with E-state index >= 15 is 0 Å². The molecule has 7 nitrogen and oxygen atoms in total. The zero-order valence-electron chi connectivity index (χ0n) is 22.8. The summed E-state index contributed by atoms with van der Waals surface area (Å²) in [5.41, 5.74) is 0.859. The summed E-state index contributed by atoms with van der Waals surface area (Å²) in [7, 11) is 0. The van der Waals surface area contributed by atoms with Crippen LogP contribution in [0.2, 0.25) is 0 Å². The highest BCUT2D eigenvalue weighted by atomic mass is 127. The number of alkyl halides is 3. The maximum atomic E-state index is 13.9. The molecule has 42 heavy (non-hydrogen) atoms. The fraction of sp³-hybridized carbons (Fsp3) is 0.483. The number of rotatable bonds is 13. The molecule has 0 saturated carbocycles. The first-order valence-corrected chi connectivity index (χ1v) is 14.7. The van der Waals surface area contributed by atoms with Gasteiger partial charge >= 0.3 is 12.1 Å². The molecule has 0 aromatic heterocycles. The summed E-state index contributed by atoms with van der Waals surface area (Å²) in [5, 5.41) is 5.52. The molecule has 13 heteroatoms. The van der Waals surface area contributed by atoms with Crippen molar-refractivity contribution in [3.63, 3.8) is 0 Å². The van der Waals surface area contributed by atoms with Gasteiger partial charge in [-0.3, -0.25) is 9.59 Å². The molecular formula is C29H33F5IN3O4. The van der Waals surface area contributed by atoms with Gasteiger partial charge in [0, 0.05) is 48.7 Å². The van der Waals surface area contributed by atoms with Crippen LogP contribution in [0.15, 0.2) is 42.5 Å². The van der Waals surface area contributed by atoms with Crippen LogP contribution in [-0.4, -0.2) is 60.6 Å². The molecule has 2 aromatic rings. The molecule has 2 amide bonds. The van der Waals surface area contributed by atoms with Gasteiger partial charge < -0.3 is 20.3 Å². The molecule has 230 valence electrons. The maximum absolute atomic E-state index is 13.9. The largest absolute Gasteiger partial charge is 0.490 e. The van der Waals surface area contributed by atoms with E-state index in [9.17, 15) is 36.3 Å². The quantitative estimate of drug-likeness (QED) is 0.173. The van der Waals surface area contributed by atoms with Crippen LogP contribution in [-0.2, 0) is 32.1 Å². The molecule has 0 spiro atoms. The minimum atomic E-state index is -5.30. The summed E-state index contributed by atoms with van der Waals surface area (Å²) in [4.78, 5) is 38.9. The number of carbonyl (C=O) groups excluding carboxylic acids is 3. The lowest BCUT2D eigenvalue weighted by Crippen LogP contribution is -2.51. The van der Waals surface area contributed by atoms with E-state index in [0.717, 1.165) is 40.5 Å². The Bertz CT molecular complexity index is 1200. The van der Waals surface area contributed by atoms with Crippen LogP contribution in [0.1, 0.15) is 49.7 Å². The molecule has 3 rings (SSSR count). The number of likely N-dealkylation sites (tertiary alicyclic amines) is 1. The van der Waals surface area contributed by atoms with Crippen molar-refractivity contribution in [1.29, 1.82) is 0 Å². The van der Waals surface area contributed by atoms with Crippen molar-refractivity contribution < 1.29 is 41.1 Å². The first-order chi connectivity index (χ1) is 19.9. The SMILES string of the molecule is O=C(CCCC(=O)N1CCCCC1)N[C@@H](Cc1cc(F)cc(F)c1)[C@@H](CNCc1cccc(I)c1)OC(=O)C(F)(F)F. The van der Waals surface area contributed by atoms with Crippen molar-refractivity contribution in [3.05, 3.63) is 68.8 Å². The third-order valence-electron chi connectivity index (χ3n) is 6.73. The monoisotopic (exact) mass is 709 g/mol. The van der Waals surface area contributed by atoms with Crippen molar-refractivity contribution in [2.45, 2.75) is 69.8 Å². The van der Waals surface area contributed by atoms with Crippen molar-refractivity contribution >= 4 is 40.4 Å². The van der Waals surface area contributed by atoms with Crippen LogP contribution >= 0.6 is 22.6 Å². The number of esters is 1. The van der Waals surface area contributed by atoms with Gasteiger partial charge in [-0.1, -0.05) is 12.1 Å². The fourth-order valence-electron chi connectivity index (χ4n) is 4.71. The normalized spacial score (nSPS) is 15.1. The van der Waals surface area contributed by atoms with Gasteiger partial charge in [0.05, 0.1) is 6.04 Å². The lowest BCUT2D eigenvalue weighted by molar-refractivity contribution is -0.206. The van der Waals surface area contributed by atoms with Crippen molar-refractivity contribution in [2.24, 2.45) is 0 Å². The Morgan fingerprint density at radius 1 is 0.952 bits per heavy atom. The average molecular weight is 709 g/mol. The second-order valence-corrected chi connectivity index (χ2v) is 11.4. The Balaban J connectivity index is 1.74. The third kappa shape index (κ3) is 11.5. The van der Waals surface area contributed by atoms with Crippen molar-refractivity contribution in [3.8, 4) is 0 Å². The van der Waals surface area contributed by atoms with Gasteiger partial charge in [-0.2, -0.15) is 13.2 Å². The van der Waals surface area contributed by atoms with E-state index in [1.54, 1.807) is 17.0 Å². The minimum absolute atomic E-state index is 0.0451. The lowest BCUT2D eigenvalue weighted by Gasteiger charge is -2.29. The van der Waals surface area contributed by atoms with E-state index in [4.69, 9.17) is 4.74 Å². The van der Waals surface area contributed by atoms with Gasteiger partial charge in [-0.05, 0) is 90.1 Å². The van der Waals surface area contributed by atoms with E-state index < -0.39 is 41.8 Å². The van der Waals surface area contributed by atoms with Crippen molar-refractivity contribution in [2.75, 3.05) is 19.6 Å². The van der Waals surface area contributed by atoms with Gasteiger partial charge in [0.1, 0.15) is 17.7 Å². The molecule has 0 radical (unpaired) electrons. The molecule has 2 N–H and O–H groups in total. The Morgan fingerprint density at radius 2 is 1.64 bits per heavy atom. The van der Waals surface area contributed by atoms with Gasteiger partial charge in [0.2, 0.25) is 11.8 Å². The molecule has 0 aliphatic carbocycles. The molecule has 0 bridgehead atoms. The van der Waals surface area contributed by atoms with Gasteiger partial charge in [0.25, 0.3) is 0 Å². The number of nitrogens with one attached hydrogen (secondary N) is 2. The number of hydrogen-bond donors (Lipinski definition) is 2. The van der Waals surface area contributed by atoms with Crippen LogP contribution in [0.25, 0.3) is 0 Å². The number of hydrogen-bond acceptors (Lipinski definition) is 5. The maximum Gasteiger partial charge on any atom is 0.490 e. The minimum Gasteiger partial charge on any atom is -0.452 e. The molecular weight excluding hydrogens is 676 g/mol. The van der Waals surface area contributed by atoms with E-state index in [2.05, 4.69) is 33.2 Å². The summed E-state index contributed by atoms with van der Waals surface area (Å²) < 4.78 is 73.1. The molecule has 1 fully saturated rings. The molecule has 0 unspecified atom stereocenters. The average Bonchev–Trinajstić information content (AvgIpc) is 2.91. The standard InChI is InChI=1S/C29H33F5IN3O4/c30-21-12-20(13-22(31)16-21)15-24(37-26(39)8-5-9-27(40)38-10-2-1-3-11-38)25(42-28(41)29(32,33)34)18-36-17-19-6-4-7-23(35)14-19/h4,6-7,12-14,16,24-25,36H,1-3,5,8-11,15,17-18H2,(H,37,39)/t24-,25+/m0/s1. The second-order valence-electron chi connectivity index (χ2n) is 10.2. The van der Waals surface area contributed by atoms with Gasteiger partial charge in [0.15, 0.2) is 0 Å². The first kappa shape index (κ1) is 33.7. The summed E-state index contributed by atoms with van der Waals surface area (Å²) >= 11 is 2.11.